The van der Waals surface area contributed by atoms with Gasteiger partial charge in [0.15, 0.2) is 0 Å². The second-order valence-electron chi connectivity index (χ2n) is 11.0. The normalized spacial score (nSPS) is 31.7. The molecule has 8 heteroatoms. The number of fused-ring (bicyclic) bond motifs is 1. The second kappa shape index (κ2) is 8.01. The summed E-state index contributed by atoms with van der Waals surface area (Å²) in [5.41, 5.74) is 7.17. The van der Waals surface area contributed by atoms with Crippen LogP contribution < -0.4 is 16.4 Å². The van der Waals surface area contributed by atoms with E-state index in [-0.39, 0.29) is 17.5 Å². The summed E-state index contributed by atoms with van der Waals surface area (Å²) in [5, 5.41) is 6.30. The van der Waals surface area contributed by atoms with Gasteiger partial charge in [0.05, 0.1) is 11.2 Å². The first-order valence-corrected chi connectivity index (χ1v) is 12.5. The average Bonchev–Trinajstić information content (AvgIpc) is 3.12. The number of likely N-dealkylation sites (tertiary alicyclic amines) is 1. The van der Waals surface area contributed by atoms with Gasteiger partial charge >= 0.3 is 6.03 Å². The molecule has 33 heavy (non-hydrogen) atoms. The van der Waals surface area contributed by atoms with E-state index in [1.807, 2.05) is 28.8 Å². The largest absolute Gasteiger partial charge is 0.352 e. The summed E-state index contributed by atoms with van der Waals surface area (Å²) in [4.78, 5) is 31.9. The Morgan fingerprint density at radius 3 is 2.36 bits per heavy atom. The zero-order valence-corrected chi connectivity index (χ0v) is 19.1. The van der Waals surface area contributed by atoms with Crippen LogP contribution in [0.5, 0.6) is 0 Å². The van der Waals surface area contributed by atoms with Crippen LogP contribution >= 0.6 is 0 Å². The molecule has 176 valence electrons. The summed E-state index contributed by atoms with van der Waals surface area (Å²) in [6, 6.07) is 5.69. The molecule has 4 saturated carbocycles. The Morgan fingerprint density at radius 1 is 1.06 bits per heavy atom. The number of aromatic nitrogens is 2. The molecule has 3 heterocycles. The maximum absolute atomic E-state index is 13.5. The fourth-order valence-electron chi connectivity index (χ4n) is 7.59. The van der Waals surface area contributed by atoms with Gasteiger partial charge in [-0.05, 0) is 81.3 Å². The van der Waals surface area contributed by atoms with Gasteiger partial charge in [0.25, 0.3) is 5.91 Å². The number of carbonyl (C=O) groups is 2. The number of pyridine rings is 1. The van der Waals surface area contributed by atoms with Crippen molar-refractivity contribution in [1.29, 1.82) is 0 Å². The van der Waals surface area contributed by atoms with Crippen LogP contribution in [0.25, 0.3) is 5.52 Å². The molecule has 0 atom stereocenters. The number of hydrogen-bond donors (Lipinski definition) is 3. The first kappa shape index (κ1) is 21.0. The molecule has 0 unspecified atom stereocenters. The zero-order valence-electron chi connectivity index (χ0n) is 19.1. The molecule has 4 aliphatic carbocycles. The number of nitrogens with zero attached hydrogens (tertiary/aromatic N) is 3. The van der Waals surface area contributed by atoms with Gasteiger partial charge in [-0.25, -0.2) is 9.78 Å². The van der Waals surface area contributed by atoms with Crippen LogP contribution in [-0.4, -0.2) is 50.9 Å². The van der Waals surface area contributed by atoms with Crippen molar-refractivity contribution in [3.63, 3.8) is 0 Å². The van der Waals surface area contributed by atoms with E-state index in [1.54, 1.807) is 0 Å². The van der Waals surface area contributed by atoms with Crippen molar-refractivity contribution in [3.05, 3.63) is 35.9 Å². The Balaban J connectivity index is 1.19. The highest BCUT2D eigenvalue weighted by Crippen LogP contribution is 2.55. The minimum Gasteiger partial charge on any atom is -0.352 e. The monoisotopic (exact) mass is 450 g/mol. The van der Waals surface area contributed by atoms with Crippen molar-refractivity contribution in [1.82, 2.24) is 24.9 Å². The van der Waals surface area contributed by atoms with Crippen LogP contribution in [0, 0.1) is 17.8 Å². The number of imidazole rings is 1. The van der Waals surface area contributed by atoms with Gasteiger partial charge in [0.2, 0.25) is 5.82 Å². The highest BCUT2D eigenvalue weighted by Gasteiger charge is 2.51. The molecule has 0 radical (unpaired) electrons. The van der Waals surface area contributed by atoms with E-state index in [4.69, 9.17) is 10.7 Å². The minimum atomic E-state index is -0.455. The van der Waals surface area contributed by atoms with Gasteiger partial charge in [-0.1, -0.05) is 6.07 Å². The third kappa shape index (κ3) is 3.98. The minimum absolute atomic E-state index is 0.0259. The summed E-state index contributed by atoms with van der Waals surface area (Å²) in [7, 11) is 0. The van der Waals surface area contributed by atoms with Gasteiger partial charge in [-0.3, -0.25) is 14.1 Å². The SMILES string of the molecule is NC(=O)NC1CCN(Cc2nc(C(=O)NC34CC5CC(CC(C5)C3)C4)n3ccccc23)CC1. The molecule has 1 saturated heterocycles. The molecular formula is C25H34N6O2. The lowest BCUT2D eigenvalue weighted by molar-refractivity contribution is -0.0169. The number of urea groups is 1. The predicted molar refractivity (Wildman–Crippen MR) is 125 cm³/mol. The molecule has 0 aromatic carbocycles. The zero-order chi connectivity index (χ0) is 22.6. The van der Waals surface area contributed by atoms with Gasteiger partial charge in [0, 0.05) is 37.4 Å². The van der Waals surface area contributed by atoms with E-state index in [9.17, 15) is 9.59 Å². The predicted octanol–water partition coefficient (Wildman–Crippen LogP) is 2.67. The van der Waals surface area contributed by atoms with Crippen molar-refractivity contribution in [2.75, 3.05) is 13.1 Å². The molecular weight excluding hydrogens is 416 g/mol. The molecule has 7 rings (SSSR count). The lowest BCUT2D eigenvalue weighted by Crippen LogP contribution is -2.60. The average molecular weight is 451 g/mol. The first-order valence-electron chi connectivity index (χ1n) is 12.5. The van der Waals surface area contributed by atoms with Gasteiger partial charge in [-0.2, -0.15) is 0 Å². The lowest BCUT2D eigenvalue weighted by Gasteiger charge is -2.56. The Kier molecular flexibility index (Phi) is 5.09. The third-order valence-electron chi connectivity index (χ3n) is 8.55. The number of hydrogen-bond acceptors (Lipinski definition) is 4. The molecule has 5 aliphatic rings. The molecule has 4 N–H and O–H groups in total. The van der Waals surface area contributed by atoms with Crippen LogP contribution in [0.2, 0.25) is 0 Å². The fraction of sp³-hybridized carbons (Fsp3) is 0.640. The van der Waals surface area contributed by atoms with Gasteiger partial charge in [0.1, 0.15) is 0 Å². The van der Waals surface area contributed by atoms with Crippen molar-refractivity contribution >= 4 is 17.5 Å². The van der Waals surface area contributed by atoms with E-state index >= 15 is 0 Å². The second-order valence-corrected chi connectivity index (χ2v) is 11.0. The van der Waals surface area contributed by atoms with Crippen molar-refractivity contribution in [3.8, 4) is 0 Å². The standard InChI is InChI=1S/C25H34N6O2/c26-24(33)27-19-4-7-30(8-5-19)15-20-21-3-1-2-6-31(21)22(28-20)23(32)29-25-12-16-9-17(13-25)11-18(10-16)14-25/h1-3,6,16-19H,4-5,7-15H2,(H,29,32)(H3,26,27,33). The smallest absolute Gasteiger partial charge is 0.312 e. The maximum atomic E-state index is 13.5. The Labute approximate surface area is 194 Å². The molecule has 2 aromatic heterocycles. The summed E-state index contributed by atoms with van der Waals surface area (Å²) in [5.74, 6) is 2.83. The van der Waals surface area contributed by atoms with E-state index in [0.29, 0.717) is 12.4 Å². The number of nitrogens with one attached hydrogen (secondary N) is 2. The number of nitrogens with two attached hydrogens (primary N) is 1. The van der Waals surface area contributed by atoms with Crippen molar-refractivity contribution < 1.29 is 9.59 Å². The summed E-state index contributed by atoms with van der Waals surface area (Å²) < 4.78 is 1.95. The fourth-order valence-corrected chi connectivity index (χ4v) is 7.59. The maximum Gasteiger partial charge on any atom is 0.312 e. The number of primary amides is 1. The summed E-state index contributed by atoms with van der Waals surface area (Å²) in [6.45, 7) is 2.43. The molecule has 5 fully saturated rings. The van der Waals surface area contributed by atoms with Gasteiger partial charge in [-0.15, -0.1) is 0 Å². The molecule has 1 aliphatic heterocycles. The third-order valence-corrected chi connectivity index (χ3v) is 8.55. The Morgan fingerprint density at radius 2 is 1.73 bits per heavy atom. The van der Waals surface area contributed by atoms with Crippen molar-refractivity contribution in [2.24, 2.45) is 23.5 Å². The Bertz CT molecular complexity index is 1030. The molecule has 4 bridgehead atoms. The summed E-state index contributed by atoms with van der Waals surface area (Å²) in [6.07, 6.45) is 11.2. The van der Waals surface area contributed by atoms with Crippen LogP contribution in [0.1, 0.15) is 67.7 Å². The van der Waals surface area contributed by atoms with E-state index < -0.39 is 6.03 Å². The van der Waals surface area contributed by atoms with Crippen LogP contribution in [0.3, 0.4) is 0 Å². The Hall–Kier alpha value is -2.61. The molecule has 3 amide bonds. The number of rotatable bonds is 5. The molecule has 0 spiro atoms. The number of carbonyl (C=O) groups excluding carboxylic acids is 2. The highest BCUT2D eigenvalue weighted by molar-refractivity contribution is 5.92. The topological polar surface area (TPSA) is 105 Å². The lowest BCUT2D eigenvalue weighted by atomic mass is 9.53. The quantitative estimate of drug-likeness (QED) is 0.651. The van der Waals surface area contributed by atoms with Crippen LogP contribution in [0.4, 0.5) is 4.79 Å². The number of piperidine rings is 1. The number of amides is 3. The van der Waals surface area contributed by atoms with E-state index in [0.717, 1.165) is 74.2 Å². The van der Waals surface area contributed by atoms with Crippen molar-refractivity contribution in [2.45, 2.75) is 69.5 Å². The molecule has 2 aromatic rings. The van der Waals surface area contributed by atoms with Crippen LogP contribution in [-0.2, 0) is 6.54 Å². The van der Waals surface area contributed by atoms with E-state index in [2.05, 4.69) is 15.5 Å². The summed E-state index contributed by atoms with van der Waals surface area (Å²) >= 11 is 0. The highest BCUT2D eigenvalue weighted by atomic mass is 16.2. The first-order chi connectivity index (χ1) is 16.0. The molecule has 8 nitrogen and oxygen atoms in total. The van der Waals surface area contributed by atoms with E-state index in [1.165, 1.54) is 19.3 Å². The van der Waals surface area contributed by atoms with Gasteiger partial charge < -0.3 is 16.4 Å². The van der Waals surface area contributed by atoms with Crippen LogP contribution in [0.15, 0.2) is 24.4 Å².